The van der Waals surface area contributed by atoms with Crippen molar-refractivity contribution >= 4 is 5.91 Å². The zero-order valence-corrected chi connectivity index (χ0v) is 14.0. The number of carbonyl (C=O) groups is 1. The van der Waals surface area contributed by atoms with Crippen LogP contribution in [-0.4, -0.2) is 40.7 Å². The van der Waals surface area contributed by atoms with E-state index in [1.165, 1.54) is 0 Å². The Morgan fingerprint density at radius 2 is 1.75 bits per heavy atom. The van der Waals surface area contributed by atoms with Crippen LogP contribution >= 0.6 is 0 Å². The summed E-state index contributed by atoms with van der Waals surface area (Å²) in [5, 5.41) is 0. The SMILES string of the molecule is CC1CN(C(=O)c2cccn(Cc3ccccc3)c2=O)CC(C)O1. The standard InChI is InChI=1S/C19H22N2O3/c1-14-11-21(12-15(2)24-14)19(23)17-9-6-10-20(18(17)22)13-16-7-4-3-5-8-16/h3-10,14-15H,11-13H2,1-2H3. The van der Waals surface area contributed by atoms with Crippen LogP contribution in [0.5, 0.6) is 0 Å². The molecule has 2 aromatic rings. The monoisotopic (exact) mass is 326 g/mol. The number of carbonyl (C=O) groups excluding carboxylic acids is 1. The van der Waals surface area contributed by atoms with Crippen molar-refractivity contribution < 1.29 is 9.53 Å². The van der Waals surface area contributed by atoms with Crippen LogP contribution in [0.3, 0.4) is 0 Å². The molecule has 1 amide bonds. The molecule has 1 aliphatic rings. The highest BCUT2D eigenvalue weighted by Crippen LogP contribution is 2.13. The largest absolute Gasteiger partial charge is 0.372 e. The number of pyridine rings is 1. The molecule has 2 heterocycles. The summed E-state index contributed by atoms with van der Waals surface area (Å²) in [5.41, 5.74) is 0.991. The maximum Gasteiger partial charge on any atom is 0.263 e. The average Bonchev–Trinajstić information content (AvgIpc) is 2.56. The Morgan fingerprint density at radius 1 is 1.08 bits per heavy atom. The molecule has 1 aromatic heterocycles. The lowest BCUT2D eigenvalue weighted by atomic mass is 10.1. The predicted molar refractivity (Wildman–Crippen MR) is 92.2 cm³/mol. The van der Waals surface area contributed by atoms with Crippen LogP contribution < -0.4 is 5.56 Å². The molecule has 2 atom stereocenters. The second-order valence-corrected chi connectivity index (χ2v) is 6.31. The van der Waals surface area contributed by atoms with E-state index in [0.29, 0.717) is 19.6 Å². The van der Waals surface area contributed by atoms with Gasteiger partial charge in [0.1, 0.15) is 5.56 Å². The Balaban J connectivity index is 1.85. The summed E-state index contributed by atoms with van der Waals surface area (Å²) in [6.45, 7) is 5.35. The summed E-state index contributed by atoms with van der Waals surface area (Å²) in [4.78, 5) is 27.2. The minimum atomic E-state index is -0.252. The molecule has 0 aliphatic carbocycles. The van der Waals surface area contributed by atoms with Crippen LogP contribution in [0.1, 0.15) is 29.8 Å². The van der Waals surface area contributed by atoms with Crippen molar-refractivity contribution in [3.63, 3.8) is 0 Å². The maximum atomic E-state index is 12.8. The Labute approximate surface area is 141 Å². The summed E-state index contributed by atoms with van der Waals surface area (Å²) >= 11 is 0. The number of amides is 1. The number of rotatable bonds is 3. The molecule has 1 saturated heterocycles. The quantitative estimate of drug-likeness (QED) is 0.868. The van der Waals surface area contributed by atoms with Gasteiger partial charge in [-0.2, -0.15) is 0 Å². The van der Waals surface area contributed by atoms with Crippen LogP contribution in [0.2, 0.25) is 0 Å². The Morgan fingerprint density at radius 3 is 2.42 bits per heavy atom. The molecular weight excluding hydrogens is 304 g/mol. The van der Waals surface area contributed by atoms with Gasteiger partial charge in [0.25, 0.3) is 11.5 Å². The van der Waals surface area contributed by atoms with E-state index in [9.17, 15) is 9.59 Å². The highest BCUT2D eigenvalue weighted by molar-refractivity contribution is 5.94. The number of nitrogens with zero attached hydrogens (tertiary/aromatic N) is 2. The molecule has 1 aromatic carbocycles. The molecule has 3 rings (SSSR count). The van der Waals surface area contributed by atoms with Gasteiger partial charge < -0.3 is 14.2 Å². The maximum absolute atomic E-state index is 12.8. The van der Waals surface area contributed by atoms with E-state index < -0.39 is 0 Å². The summed E-state index contributed by atoms with van der Waals surface area (Å²) in [6.07, 6.45) is 1.68. The molecule has 5 nitrogen and oxygen atoms in total. The second kappa shape index (κ2) is 7.01. The molecule has 1 fully saturated rings. The number of ether oxygens (including phenoxy) is 1. The van der Waals surface area contributed by atoms with Gasteiger partial charge >= 0.3 is 0 Å². The highest BCUT2D eigenvalue weighted by Gasteiger charge is 2.28. The first-order valence-corrected chi connectivity index (χ1v) is 8.22. The van der Waals surface area contributed by atoms with Crippen LogP contribution in [0, 0.1) is 0 Å². The van der Waals surface area contributed by atoms with Gasteiger partial charge in [-0.05, 0) is 31.5 Å². The van der Waals surface area contributed by atoms with E-state index >= 15 is 0 Å². The topological polar surface area (TPSA) is 51.5 Å². The van der Waals surface area contributed by atoms with Gasteiger partial charge in [-0.25, -0.2) is 0 Å². The van der Waals surface area contributed by atoms with Crippen LogP contribution in [0.15, 0.2) is 53.5 Å². The van der Waals surface area contributed by atoms with Crippen molar-refractivity contribution in [3.8, 4) is 0 Å². The molecule has 1 aliphatic heterocycles. The average molecular weight is 326 g/mol. The fourth-order valence-corrected chi connectivity index (χ4v) is 3.12. The van der Waals surface area contributed by atoms with Crippen molar-refractivity contribution in [3.05, 3.63) is 70.1 Å². The smallest absolute Gasteiger partial charge is 0.263 e. The van der Waals surface area contributed by atoms with E-state index in [1.54, 1.807) is 27.8 Å². The lowest BCUT2D eigenvalue weighted by Gasteiger charge is -2.35. The second-order valence-electron chi connectivity index (χ2n) is 6.31. The zero-order valence-electron chi connectivity index (χ0n) is 14.0. The van der Waals surface area contributed by atoms with Crippen LogP contribution in [0.4, 0.5) is 0 Å². The summed E-state index contributed by atoms with van der Waals surface area (Å²) in [7, 11) is 0. The van der Waals surface area contributed by atoms with E-state index in [2.05, 4.69) is 0 Å². The Bertz CT molecular complexity index is 760. The van der Waals surface area contributed by atoms with Gasteiger partial charge in [-0.15, -0.1) is 0 Å². The van der Waals surface area contributed by atoms with Crippen LogP contribution in [-0.2, 0) is 11.3 Å². The first-order valence-electron chi connectivity index (χ1n) is 8.22. The molecule has 0 N–H and O–H groups in total. The van der Waals surface area contributed by atoms with Crippen molar-refractivity contribution in [1.82, 2.24) is 9.47 Å². The molecule has 0 spiro atoms. The van der Waals surface area contributed by atoms with Crippen molar-refractivity contribution in [2.75, 3.05) is 13.1 Å². The molecule has 2 unspecified atom stereocenters. The van der Waals surface area contributed by atoms with Gasteiger partial charge in [0.05, 0.1) is 18.8 Å². The third-order valence-electron chi connectivity index (χ3n) is 4.15. The fourth-order valence-electron chi connectivity index (χ4n) is 3.12. The molecule has 24 heavy (non-hydrogen) atoms. The Hall–Kier alpha value is -2.40. The minimum Gasteiger partial charge on any atom is -0.372 e. The molecule has 126 valence electrons. The number of hydrogen-bond acceptors (Lipinski definition) is 3. The van der Waals surface area contributed by atoms with Gasteiger partial charge in [0, 0.05) is 19.3 Å². The van der Waals surface area contributed by atoms with Gasteiger partial charge in [0.15, 0.2) is 0 Å². The van der Waals surface area contributed by atoms with Crippen molar-refractivity contribution in [2.24, 2.45) is 0 Å². The first kappa shape index (κ1) is 16.5. The number of aromatic nitrogens is 1. The lowest BCUT2D eigenvalue weighted by Crippen LogP contribution is -2.49. The summed E-state index contributed by atoms with van der Waals surface area (Å²) < 4.78 is 7.24. The fraction of sp³-hybridized carbons (Fsp3) is 0.368. The van der Waals surface area contributed by atoms with Gasteiger partial charge in [0.2, 0.25) is 0 Å². The molecular formula is C19H22N2O3. The highest BCUT2D eigenvalue weighted by atomic mass is 16.5. The first-order chi connectivity index (χ1) is 11.5. The lowest BCUT2D eigenvalue weighted by molar-refractivity contribution is -0.0586. The van der Waals surface area contributed by atoms with E-state index in [-0.39, 0.29) is 29.2 Å². The van der Waals surface area contributed by atoms with E-state index in [4.69, 9.17) is 4.74 Å². The van der Waals surface area contributed by atoms with E-state index in [0.717, 1.165) is 5.56 Å². The van der Waals surface area contributed by atoms with Crippen LogP contribution in [0.25, 0.3) is 0 Å². The van der Waals surface area contributed by atoms with Crippen molar-refractivity contribution in [2.45, 2.75) is 32.6 Å². The summed E-state index contributed by atoms with van der Waals surface area (Å²) in [5.74, 6) is -0.218. The Kier molecular flexibility index (Phi) is 4.81. The molecule has 0 bridgehead atoms. The third-order valence-corrected chi connectivity index (χ3v) is 4.15. The zero-order chi connectivity index (χ0) is 17.1. The normalized spacial score (nSPS) is 20.8. The summed E-state index contributed by atoms with van der Waals surface area (Å²) in [6, 6.07) is 13.1. The number of benzene rings is 1. The number of hydrogen-bond donors (Lipinski definition) is 0. The van der Waals surface area contributed by atoms with Gasteiger partial charge in [-0.3, -0.25) is 9.59 Å². The number of morpholine rings is 1. The molecule has 5 heteroatoms. The minimum absolute atomic E-state index is 0.0204. The van der Waals surface area contributed by atoms with E-state index in [1.807, 2.05) is 44.2 Å². The third kappa shape index (κ3) is 3.57. The molecule has 0 saturated carbocycles. The molecule has 0 radical (unpaired) electrons. The predicted octanol–water partition coefficient (Wildman–Crippen LogP) is 2.15. The van der Waals surface area contributed by atoms with Gasteiger partial charge in [-0.1, -0.05) is 30.3 Å². The van der Waals surface area contributed by atoms with Crippen molar-refractivity contribution in [1.29, 1.82) is 0 Å².